The molecule has 1 heterocycles. The van der Waals surface area contributed by atoms with Crippen LogP contribution in [-0.4, -0.2) is 11.7 Å². The van der Waals surface area contributed by atoms with Gasteiger partial charge in [-0.3, -0.25) is 0 Å². The summed E-state index contributed by atoms with van der Waals surface area (Å²) in [5, 5.41) is 1.25. The summed E-state index contributed by atoms with van der Waals surface area (Å²) >= 11 is 0. The normalized spacial score (nSPS) is 10.8. The maximum atomic E-state index is 5.87. The zero-order chi connectivity index (χ0) is 14.8. The van der Waals surface area contributed by atoms with E-state index >= 15 is 0 Å². The number of aryl methyl sites for hydroxylation is 2. The number of fused-ring (bicyclic) bond motifs is 1. The highest BCUT2D eigenvalue weighted by Crippen LogP contribution is 2.24. The van der Waals surface area contributed by atoms with Crippen molar-refractivity contribution >= 4 is 10.9 Å². The molecule has 2 aromatic carbocycles. The zero-order valence-corrected chi connectivity index (χ0v) is 12.6. The van der Waals surface area contributed by atoms with Gasteiger partial charge in [0.1, 0.15) is 18.1 Å². The van der Waals surface area contributed by atoms with E-state index in [0.717, 1.165) is 11.5 Å². The summed E-state index contributed by atoms with van der Waals surface area (Å²) in [7, 11) is 3.73. The molecular weight excluding hydrogens is 262 g/mol. The molecule has 3 rings (SSSR count). The molecule has 108 valence electrons. The van der Waals surface area contributed by atoms with E-state index < -0.39 is 0 Å². The first-order chi connectivity index (χ1) is 10.2. The van der Waals surface area contributed by atoms with Gasteiger partial charge in [-0.05, 0) is 42.8 Å². The van der Waals surface area contributed by atoms with Gasteiger partial charge in [0.05, 0.1) is 7.11 Å². The van der Waals surface area contributed by atoms with Crippen molar-refractivity contribution in [2.75, 3.05) is 7.11 Å². The van der Waals surface area contributed by atoms with Crippen molar-refractivity contribution < 1.29 is 9.47 Å². The highest BCUT2D eigenvalue weighted by Gasteiger charge is 2.07. The van der Waals surface area contributed by atoms with Crippen LogP contribution < -0.4 is 9.47 Å². The van der Waals surface area contributed by atoms with Gasteiger partial charge < -0.3 is 14.0 Å². The first-order valence-electron chi connectivity index (χ1n) is 6.99. The minimum atomic E-state index is 0.562. The molecule has 1 aromatic heterocycles. The molecule has 3 heteroatoms. The summed E-state index contributed by atoms with van der Waals surface area (Å²) < 4.78 is 13.2. The zero-order valence-electron chi connectivity index (χ0n) is 12.6. The summed E-state index contributed by atoms with van der Waals surface area (Å²) in [6, 6.07) is 14.2. The van der Waals surface area contributed by atoms with Crippen molar-refractivity contribution in [3.05, 3.63) is 59.8 Å². The van der Waals surface area contributed by atoms with Crippen LogP contribution in [0.2, 0.25) is 0 Å². The average molecular weight is 281 g/mol. The second kappa shape index (κ2) is 5.52. The molecule has 0 spiro atoms. The standard InChI is InChI=1S/C18H19NO2/c1-13-4-9-17-14(11-19(2)18(17)10-13)12-21-16-7-5-15(20-3)6-8-16/h4-11H,12H2,1-3H3. The molecule has 3 nitrogen and oxygen atoms in total. The van der Waals surface area contributed by atoms with Crippen LogP contribution in [0, 0.1) is 6.92 Å². The second-order valence-electron chi connectivity index (χ2n) is 5.25. The molecule has 0 atom stereocenters. The van der Waals surface area contributed by atoms with Gasteiger partial charge in [0.25, 0.3) is 0 Å². The predicted molar refractivity (Wildman–Crippen MR) is 85.0 cm³/mol. The minimum Gasteiger partial charge on any atom is -0.497 e. The molecule has 0 radical (unpaired) electrons. The van der Waals surface area contributed by atoms with Gasteiger partial charge >= 0.3 is 0 Å². The molecule has 0 saturated heterocycles. The Hall–Kier alpha value is -2.42. The Bertz CT molecular complexity index is 757. The molecule has 0 amide bonds. The highest BCUT2D eigenvalue weighted by molar-refractivity contribution is 5.84. The van der Waals surface area contributed by atoms with Crippen molar-refractivity contribution in [1.82, 2.24) is 4.57 Å². The average Bonchev–Trinajstić information content (AvgIpc) is 2.81. The lowest BCUT2D eigenvalue weighted by molar-refractivity contribution is 0.306. The number of benzene rings is 2. The number of hydrogen-bond donors (Lipinski definition) is 0. The molecular formula is C18H19NO2. The molecule has 0 fully saturated rings. The topological polar surface area (TPSA) is 23.4 Å². The van der Waals surface area contributed by atoms with Gasteiger partial charge in [0.15, 0.2) is 0 Å². The van der Waals surface area contributed by atoms with Crippen molar-refractivity contribution in [2.24, 2.45) is 7.05 Å². The number of ether oxygens (including phenoxy) is 2. The van der Waals surface area contributed by atoms with Crippen molar-refractivity contribution in [3.8, 4) is 11.5 Å². The molecule has 0 N–H and O–H groups in total. The van der Waals surface area contributed by atoms with Crippen molar-refractivity contribution in [3.63, 3.8) is 0 Å². The third-order valence-corrected chi connectivity index (χ3v) is 3.68. The van der Waals surface area contributed by atoms with Gasteiger partial charge in [0, 0.05) is 29.7 Å². The van der Waals surface area contributed by atoms with E-state index in [1.807, 2.05) is 24.3 Å². The van der Waals surface area contributed by atoms with E-state index in [1.54, 1.807) is 7.11 Å². The molecule has 3 aromatic rings. The lowest BCUT2D eigenvalue weighted by Crippen LogP contribution is -1.94. The van der Waals surface area contributed by atoms with Crippen LogP contribution in [0.5, 0.6) is 11.5 Å². The van der Waals surface area contributed by atoms with E-state index in [0.29, 0.717) is 6.61 Å². The summed E-state index contributed by atoms with van der Waals surface area (Å²) in [4.78, 5) is 0. The quantitative estimate of drug-likeness (QED) is 0.719. The third kappa shape index (κ3) is 2.72. The lowest BCUT2D eigenvalue weighted by Gasteiger charge is -2.06. The Morgan fingerprint density at radius 3 is 2.43 bits per heavy atom. The minimum absolute atomic E-state index is 0.562. The predicted octanol–water partition coefficient (Wildman–Crippen LogP) is 4.07. The van der Waals surface area contributed by atoms with E-state index in [9.17, 15) is 0 Å². The summed E-state index contributed by atoms with van der Waals surface area (Å²) in [6.07, 6.45) is 2.13. The Morgan fingerprint density at radius 1 is 1.00 bits per heavy atom. The first kappa shape index (κ1) is 13.6. The summed E-state index contributed by atoms with van der Waals surface area (Å²) in [5.74, 6) is 1.68. The van der Waals surface area contributed by atoms with Crippen molar-refractivity contribution in [2.45, 2.75) is 13.5 Å². The summed E-state index contributed by atoms with van der Waals surface area (Å²) in [5.41, 5.74) is 3.71. The number of nitrogens with zero attached hydrogens (tertiary/aromatic N) is 1. The van der Waals surface area contributed by atoms with Gasteiger partial charge in [0.2, 0.25) is 0 Å². The number of methoxy groups -OCH3 is 1. The van der Waals surface area contributed by atoms with Crippen LogP contribution in [0.4, 0.5) is 0 Å². The fourth-order valence-corrected chi connectivity index (χ4v) is 2.53. The summed E-state index contributed by atoms with van der Waals surface area (Å²) in [6.45, 7) is 2.67. The molecule has 0 aliphatic carbocycles. The maximum Gasteiger partial charge on any atom is 0.120 e. The Labute approximate surface area is 124 Å². The van der Waals surface area contributed by atoms with Crippen LogP contribution in [-0.2, 0) is 13.7 Å². The fraction of sp³-hybridized carbons (Fsp3) is 0.222. The van der Waals surface area contributed by atoms with E-state index in [-0.39, 0.29) is 0 Å². The smallest absolute Gasteiger partial charge is 0.120 e. The maximum absolute atomic E-state index is 5.87. The molecule has 0 aliphatic rings. The van der Waals surface area contributed by atoms with Crippen LogP contribution in [0.15, 0.2) is 48.7 Å². The van der Waals surface area contributed by atoms with Crippen molar-refractivity contribution in [1.29, 1.82) is 0 Å². The first-order valence-corrected chi connectivity index (χ1v) is 6.99. The molecule has 0 bridgehead atoms. The largest absolute Gasteiger partial charge is 0.497 e. The highest BCUT2D eigenvalue weighted by atomic mass is 16.5. The van der Waals surface area contributed by atoms with E-state index in [4.69, 9.17) is 9.47 Å². The molecule has 0 aliphatic heterocycles. The van der Waals surface area contributed by atoms with Crippen LogP contribution in [0.25, 0.3) is 10.9 Å². The third-order valence-electron chi connectivity index (χ3n) is 3.68. The lowest BCUT2D eigenvalue weighted by atomic mass is 10.1. The fourth-order valence-electron chi connectivity index (χ4n) is 2.53. The van der Waals surface area contributed by atoms with Crippen LogP contribution >= 0.6 is 0 Å². The van der Waals surface area contributed by atoms with E-state index in [2.05, 4.69) is 42.9 Å². The van der Waals surface area contributed by atoms with E-state index in [1.165, 1.54) is 22.0 Å². The Balaban J connectivity index is 1.81. The SMILES string of the molecule is COc1ccc(OCc2cn(C)c3cc(C)ccc23)cc1. The van der Waals surface area contributed by atoms with Gasteiger partial charge in [-0.25, -0.2) is 0 Å². The van der Waals surface area contributed by atoms with Gasteiger partial charge in [-0.1, -0.05) is 12.1 Å². The Morgan fingerprint density at radius 2 is 1.71 bits per heavy atom. The number of rotatable bonds is 4. The number of hydrogen-bond acceptors (Lipinski definition) is 2. The van der Waals surface area contributed by atoms with Gasteiger partial charge in [-0.2, -0.15) is 0 Å². The van der Waals surface area contributed by atoms with Crippen LogP contribution in [0.3, 0.4) is 0 Å². The molecule has 0 unspecified atom stereocenters. The second-order valence-corrected chi connectivity index (χ2v) is 5.25. The molecule has 0 saturated carbocycles. The van der Waals surface area contributed by atoms with Crippen LogP contribution in [0.1, 0.15) is 11.1 Å². The monoisotopic (exact) mass is 281 g/mol. The van der Waals surface area contributed by atoms with Gasteiger partial charge in [-0.15, -0.1) is 0 Å². The number of aromatic nitrogens is 1. The molecule has 21 heavy (non-hydrogen) atoms. The Kier molecular flexibility index (Phi) is 3.57.